The van der Waals surface area contributed by atoms with Crippen molar-refractivity contribution in [2.45, 2.75) is 108 Å². The predicted molar refractivity (Wildman–Crippen MR) is 195 cm³/mol. The number of rotatable bonds is 21. The molecule has 2 heterocycles. The van der Waals surface area contributed by atoms with E-state index in [1.165, 1.54) is 22.5 Å². The third-order valence-corrected chi connectivity index (χ3v) is 10.4. The number of amides is 1. The minimum atomic E-state index is 0.0157. The number of hydrogen-bond donors (Lipinski definition) is 2. The lowest BCUT2D eigenvalue weighted by Crippen LogP contribution is -2.41. The smallest absolute Gasteiger partial charge is 0.220 e. The average Bonchev–Trinajstić information content (AvgIpc) is 3.39. The van der Waals surface area contributed by atoms with Crippen LogP contribution < -0.4 is 15.1 Å². The fourth-order valence-electron chi connectivity index (χ4n) is 7.61. The molecule has 0 spiro atoms. The zero-order chi connectivity index (χ0) is 33.7. The lowest BCUT2D eigenvalue weighted by molar-refractivity contribution is -0.121. The van der Waals surface area contributed by atoms with E-state index in [4.69, 9.17) is 14.6 Å². The van der Waals surface area contributed by atoms with Gasteiger partial charge in [0.1, 0.15) is 0 Å². The summed E-state index contributed by atoms with van der Waals surface area (Å²) in [6.45, 7) is 13.7. The van der Waals surface area contributed by atoms with Gasteiger partial charge in [0.05, 0.1) is 25.9 Å². The molecular weight excluding hydrogens is 586 g/mol. The number of hydrogen-bond acceptors (Lipinski definition) is 6. The molecule has 260 valence electrons. The number of nitrogens with one attached hydrogen (secondary N) is 1. The monoisotopic (exact) mass is 647 g/mol. The Morgan fingerprint density at radius 3 is 2.17 bits per heavy atom. The number of anilines is 2. The van der Waals surface area contributed by atoms with Crippen molar-refractivity contribution in [2.75, 3.05) is 63.0 Å². The molecule has 47 heavy (non-hydrogen) atoms. The number of para-hydroxylation sites is 2. The summed E-state index contributed by atoms with van der Waals surface area (Å²) in [5.74, 6) is 0.100. The molecule has 2 aliphatic rings. The molecule has 0 fully saturated rings. The molecule has 7 heteroatoms. The van der Waals surface area contributed by atoms with E-state index in [2.05, 4.69) is 111 Å². The molecule has 2 aromatic carbocycles. The van der Waals surface area contributed by atoms with Gasteiger partial charge in [-0.05, 0) is 55.4 Å². The first-order valence-electron chi connectivity index (χ1n) is 18.1. The number of unbranched alkanes of at least 4 members (excludes halogenated alkanes) is 5. The summed E-state index contributed by atoms with van der Waals surface area (Å²) in [5.41, 5.74) is 5.67. The third kappa shape index (κ3) is 9.61. The molecule has 1 amide bonds. The Hall–Kier alpha value is -2.87. The Bertz CT molecular complexity index is 1280. The molecule has 4 rings (SSSR count). The van der Waals surface area contributed by atoms with E-state index in [9.17, 15) is 4.79 Å². The number of ether oxygens (including phenoxy) is 2. The summed E-state index contributed by atoms with van der Waals surface area (Å²) in [6.07, 6.45) is 13.5. The average molecular weight is 648 g/mol. The molecule has 0 radical (unpaired) electrons. The van der Waals surface area contributed by atoms with Gasteiger partial charge in [0, 0.05) is 68.0 Å². The highest BCUT2D eigenvalue weighted by molar-refractivity contribution is 5.75. The van der Waals surface area contributed by atoms with Crippen molar-refractivity contribution in [1.82, 2.24) is 5.32 Å². The summed E-state index contributed by atoms with van der Waals surface area (Å²) in [5, 5.41) is 11.8. The van der Waals surface area contributed by atoms with Crippen LogP contribution in [-0.4, -0.2) is 76.3 Å². The first-order chi connectivity index (χ1) is 22.7. The van der Waals surface area contributed by atoms with Gasteiger partial charge in [-0.1, -0.05) is 95.5 Å². The standard InChI is InChI=1S/C40H61N3O4/c1-39(2)32-18-10-12-20-34(32)42(5)36(39)22-17-23-37-40(3,4)33-19-11-13-21-35(33)43(37)26-14-8-9-24-38(45)41-25-29-47-31-30-46-28-16-7-6-15-27-44/h10-13,17-21,23,36-37,44H,6-9,14-16,22,24-31H2,1-5H3,(H,41,45)/b23-17+. The SMILES string of the molecule is CN1c2ccccc2C(C)(C)C1C/C=C/C1N(CCCCCC(=O)NCCOCCOCCCCCCO)c2ccccc2C1(C)C. The van der Waals surface area contributed by atoms with Crippen molar-refractivity contribution in [3.63, 3.8) is 0 Å². The number of likely N-dealkylation sites (N-methyl/N-ethyl adjacent to an activating group) is 1. The zero-order valence-corrected chi connectivity index (χ0v) is 29.8. The molecule has 7 nitrogen and oxygen atoms in total. The van der Waals surface area contributed by atoms with E-state index in [-0.39, 0.29) is 23.3 Å². The quantitative estimate of drug-likeness (QED) is 0.111. The molecule has 0 saturated heterocycles. The lowest BCUT2D eigenvalue weighted by Gasteiger charge is -2.34. The minimum absolute atomic E-state index is 0.0157. The van der Waals surface area contributed by atoms with Crippen LogP contribution in [0.25, 0.3) is 0 Å². The van der Waals surface area contributed by atoms with Crippen molar-refractivity contribution in [2.24, 2.45) is 0 Å². The van der Waals surface area contributed by atoms with Crippen LogP contribution in [-0.2, 0) is 25.1 Å². The largest absolute Gasteiger partial charge is 0.396 e. The molecule has 2 aliphatic heterocycles. The van der Waals surface area contributed by atoms with Gasteiger partial charge >= 0.3 is 0 Å². The topological polar surface area (TPSA) is 74.3 Å². The molecule has 0 saturated carbocycles. The maximum absolute atomic E-state index is 12.4. The molecule has 2 aromatic rings. The van der Waals surface area contributed by atoms with Gasteiger partial charge in [-0.25, -0.2) is 0 Å². The van der Waals surface area contributed by atoms with E-state index < -0.39 is 0 Å². The fourth-order valence-corrected chi connectivity index (χ4v) is 7.61. The van der Waals surface area contributed by atoms with Gasteiger partial charge in [-0.2, -0.15) is 0 Å². The molecular formula is C40H61N3O4. The van der Waals surface area contributed by atoms with Crippen LogP contribution in [0.15, 0.2) is 60.7 Å². The van der Waals surface area contributed by atoms with E-state index in [0.717, 1.165) is 64.5 Å². The number of fused-ring (bicyclic) bond motifs is 2. The second kappa shape index (κ2) is 18.0. The van der Waals surface area contributed by atoms with E-state index in [1.807, 2.05) is 0 Å². The Morgan fingerprint density at radius 1 is 0.809 bits per heavy atom. The van der Waals surface area contributed by atoms with Crippen LogP contribution >= 0.6 is 0 Å². The van der Waals surface area contributed by atoms with E-state index in [0.29, 0.717) is 44.9 Å². The molecule has 0 aliphatic carbocycles. The first-order valence-corrected chi connectivity index (χ1v) is 18.1. The second-order valence-corrected chi connectivity index (χ2v) is 14.4. The fraction of sp³-hybridized carbons (Fsp3) is 0.625. The number of carbonyl (C=O) groups is 1. The highest BCUT2D eigenvalue weighted by Gasteiger charge is 2.44. The van der Waals surface area contributed by atoms with Crippen LogP contribution in [0, 0.1) is 0 Å². The number of nitrogens with zero attached hydrogens (tertiary/aromatic N) is 2. The summed E-state index contributed by atoms with van der Waals surface area (Å²) < 4.78 is 11.2. The first kappa shape index (κ1) is 37.0. The zero-order valence-electron chi connectivity index (χ0n) is 29.8. The molecule has 0 aromatic heterocycles. The summed E-state index contributed by atoms with van der Waals surface area (Å²) >= 11 is 0. The normalized spacial score (nSPS) is 19.4. The summed E-state index contributed by atoms with van der Waals surface area (Å²) in [7, 11) is 2.24. The number of benzene rings is 2. The highest BCUT2D eigenvalue weighted by Crippen LogP contribution is 2.47. The van der Waals surface area contributed by atoms with Crippen LogP contribution in [0.2, 0.25) is 0 Å². The third-order valence-electron chi connectivity index (χ3n) is 10.4. The Balaban J connectivity index is 1.17. The summed E-state index contributed by atoms with van der Waals surface area (Å²) in [4.78, 5) is 17.5. The molecule has 2 N–H and O–H groups in total. The number of aliphatic hydroxyl groups excluding tert-OH is 1. The van der Waals surface area contributed by atoms with Crippen molar-refractivity contribution in [3.05, 3.63) is 71.8 Å². The van der Waals surface area contributed by atoms with Gasteiger partial charge in [0.2, 0.25) is 5.91 Å². The Kier molecular flexibility index (Phi) is 14.2. The summed E-state index contributed by atoms with van der Waals surface area (Å²) in [6, 6.07) is 18.5. The van der Waals surface area contributed by atoms with Crippen LogP contribution in [0.5, 0.6) is 0 Å². The van der Waals surface area contributed by atoms with Gasteiger partial charge in [-0.3, -0.25) is 4.79 Å². The van der Waals surface area contributed by atoms with Gasteiger partial charge < -0.3 is 29.7 Å². The van der Waals surface area contributed by atoms with Gasteiger partial charge in [0.25, 0.3) is 0 Å². The van der Waals surface area contributed by atoms with Crippen molar-refractivity contribution >= 4 is 17.3 Å². The van der Waals surface area contributed by atoms with Gasteiger partial charge in [0.15, 0.2) is 0 Å². The maximum atomic E-state index is 12.4. The van der Waals surface area contributed by atoms with E-state index in [1.54, 1.807) is 0 Å². The molecule has 2 atom stereocenters. The highest BCUT2D eigenvalue weighted by atomic mass is 16.5. The van der Waals surface area contributed by atoms with Crippen molar-refractivity contribution < 1.29 is 19.4 Å². The van der Waals surface area contributed by atoms with Gasteiger partial charge in [-0.15, -0.1) is 0 Å². The molecule has 0 bridgehead atoms. The van der Waals surface area contributed by atoms with Crippen LogP contribution in [0.1, 0.15) is 96.6 Å². The predicted octanol–water partition coefficient (Wildman–Crippen LogP) is 7.16. The van der Waals surface area contributed by atoms with Crippen LogP contribution in [0.4, 0.5) is 11.4 Å². The maximum Gasteiger partial charge on any atom is 0.220 e. The molecule has 2 unspecified atom stereocenters. The lowest BCUT2D eigenvalue weighted by atomic mass is 9.78. The number of carbonyl (C=O) groups excluding carboxylic acids is 1. The Labute approximate surface area is 284 Å². The Morgan fingerprint density at radius 2 is 1.45 bits per heavy atom. The second-order valence-electron chi connectivity index (χ2n) is 14.4. The van der Waals surface area contributed by atoms with Crippen molar-refractivity contribution in [1.29, 1.82) is 0 Å². The van der Waals surface area contributed by atoms with E-state index >= 15 is 0 Å². The van der Waals surface area contributed by atoms with Crippen molar-refractivity contribution in [3.8, 4) is 0 Å². The number of aliphatic hydroxyl groups is 1. The van der Waals surface area contributed by atoms with Crippen LogP contribution in [0.3, 0.4) is 0 Å². The minimum Gasteiger partial charge on any atom is -0.396 e.